The van der Waals surface area contributed by atoms with Crippen LogP contribution in [0.1, 0.15) is 35.8 Å². The Morgan fingerprint density at radius 2 is 2.10 bits per heavy atom. The fourth-order valence-electron chi connectivity index (χ4n) is 2.03. The number of benzene rings is 1. The molecule has 0 radical (unpaired) electrons. The van der Waals surface area contributed by atoms with Crippen LogP contribution in [-0.2, 0) is 0 Å². The minimum atomic E-state index is -0.955. The number of ether oxygens (including phenoxy) is 1. The molecule has 1 aromatic heterocycles. The summed E-state index contributed by atoms with van der Waals surface area (Å²) in [5.74, 6) is -0.147. The third kappa shape index (κ3) is 3.81. The highest BCUT2D eigenvalue weighted by molar-refractivity contribution is 5.89. The van der Waals surface area contributed by atoms with E-state index in [2.05, 4.69) is 11.9 Å². The fourth-order valence-corrected chi connectivity index (χ4v) is 2.03. The molecule has 0 atom stereocenters. The standard InChI is InChI=1S/C17H19NO3/c1-3-4-10-21-14-7-5-6-13(11-14)16-9-8-15(17(19)20)12(2)18-16/h5-9,11H,3-4,10H2,1-2H3,(H,19,20). The van der Waals surface area contributed by atoms with Crippen LogP contribution in [0.2, 0.25) is 0 Å². The van der Waals surface area contributed by atoms with Gasteiger partial charge < -0.3 is 9.84 Å². The quantitative estimate of drug-likeness (QED) is 0.817. The number of pyridine rings is 1. The summed E-state index contributed by atoms with van der Waals surface area (Å²) in [4.78, 5) is 15.4. The van der Waals surface area contributed by atoms with E-state index in [4.69, 9.17) is 9.84 Å². The van der Waals surface area contributed by atoms with Crippen LogP contribution in [0.5, 0.6) is 5.75 Å². The third-order valence-corrected chi connectivity index (χ3v) is 3.21. The predicted octanol–water partition coefficient (Wildman–Crippen LogP) is 3.93. The summed E-state index contributed by atoms with van der Waals surface area (Å²) in [7, 11) is 0. The molecule has 0 saturated carbocycles. The average molecular weight is 285 g/mol. The summed E-state index contributed by atoms with van der Waals surface area (Å²) in [6, 6.07) is 11.0. The molecule has 0 spiro atoms. The molecule has 0 aliphatic heterocycles. The van der Waals surface area contributed by atoms with E-state index in [-0.39, 0.29) is 5.56 Å². The van der Waals surface area contributed by atoms with E-state index in [1.165, 1.54) is 0 Å². The van der Waals surface area contributed by atoms with E-state index in [0.29, 0.717) is 12.3 Å². The maximum absolute atomic E-state index is 11.0. The molecule has 1 heterocycles. The molecule has 2 rings (SSSR count). The topological polar surface area (TPSA) is 59.4 Å². The zero-order valence-corrected chi connectivity index (χ0v) is 12.3. The van der Waals surface area contributed by atoms with E-state index in [1.54, 1.807) is 19.1 Å². The second-order valence-electron chi connectivity index (χ2n) is 4.86. The second-order valence-corrected chi connectivity index (χ2v) is 4.86. The largest absolute Gasteiger partial charge is 0.494 e. The number of hydrogen-bond acceptors (Lipinski definition) is 3. The molecule has 21 heavy (non-hydrogen) atoms. The summed E-state index contributed by atoms with van der Waals surface area (Å²) in [6.45, 7) is 4.52. The van der Waals surface area contributed by atoms with E-state index < -0.39 is 5.97 Å². The number of aromatic nitrogens is 1. The molecule has 0 fully saturated rings. The number of nitrogens with zero attached hydrogens (tertiary/aromatic N) is 1. The van der Waals surface area contributed by atoms with Crippen molar-refractivity contribution in [3.05, 3.63) is 47.7 Å². The van der Waals surface area contributed by atoms with E-state index in [9.17, 15) is 4.79 Å². The van der Waals surface area contributed by atoms with Gasteiger partial charge in [0.05, 0.1) is 23.6 Å². The number of rotatable bonds is 6. The van der Waals surface area contributed by atoms with Crippen molar-refractivity contribution in [3.63, 3.8) is 0 Å². The van der Waals surface area contributed by atoms with Gasteiger partial charge in [0, 0.05) is 5.56 Å². The first-order valence-corrected chi connectivity index (χ1v) is 7.06. The molecule has 4 nitrogen and oxygen atoms in total. The van der Waals surface area contributed by atoms with Gasteiger partial charge in [-0.05, 0) is 37.6 Å². The number of carboxylic acids is 1. The summed E-state index contributed by atoms with van der Waals surface area (Å²) in [5.41, 5.74) is 2.41. The first kappa shape index (κ1) is 15.0. The van der Waals surface area contributed by atoms with Gasteiger partial charge in [0.1, 0.15) is 5.75 Å². The molecule has 1 N–H and O–H groups in total. The van der Waals surface area contributed by atoms with Gasteiger partial charge in [0.15, 0.2) is 0 Å². The minimum Gasteiger partial charge on any atom is -0.494 e. The summed E-state index contributed by atoms with van der Waals surface area (Å²) >= 11 is 0. The maximum Gasteiger partial charge on any atom is 0.337 e. The van der Waals surface area contributed by atoms with Crippen molar-refractivity contribution in [2.75, 3.05) is 6.61 Å². The Kier molecular flexibility index (Phi) is 4.93. The predicted molar refractivity (Wildman–Crippen MR) is 81.8 cm³/mol. The van der Waals surface area contributed by atoms with Crippen LogP contribution in [0.25, 0.3) is 11.3 Å². The van der Waals surface area contributed by atoms with Gasteiger partial charge in [-0.1, -0.05) is 25.5 Å². The molecule has 0 aliphatic rings. The molecule has 110 valence electrons. The minimum absolute atomic E-state index is 0.231. The van der Waals surface area contributed by atoms with Crippen LogP contribution in [0, 0.1) is 6.92 Å². The van der Waals surface area contributed by atoms with Gasteiger partial charge in [0.25, 0.3) is 0 Å². The highest BCUT2D eigenvalue weighted by atomic mass is 16.5. The third-order valence-electron chi connectivity index (χ3n) is 3.21. The Hall–Kier alpha value is -2.36. The van der Waals surface area contributed by atoms with Crippen molar-refractivity contribution in [2.24, 2.45) is 0 Å². The van der Waals surface area contributed by atoms with E-state index in [1.807, 2.05) is 24.3 Å². The molecule has 0 saturated heterocycles. The lowest BCUT2D eigenvalue weighted by Gasteiger charge is -2.08. The van der Waals surface area contributed by atoms with Crippen molar-refractivity contribution in [1.29, 1.82) is 0 Å². The van der Waals surface area contributed by atoms with Gasteiger partial charge in [-0.2, -0.15) is 0 Å². The molecule has 0 bridgehead atoms. The normalized spacial score (nSPS) is 10.4. The lowest BCUT2D eigenvalue weighted by atomic mass is 10.1. The zero-order chi connectivity index (χ0) is 15.2. The van der Waals surface area contributed by atoms with Crippen molar-refractivity contribution in [2.45, 2.75) is 26.7 Å². The van der Waals surface area contributed by atoms with Crippen LogP contribution < -0.4 is 4.74 Å². The number of carboxylic acid groups (broad SMARTS) is 1. The molecule has 4 heteroatoms. The van der Waals surface area contributed by atoms with Crippen LogP contribution >= 0.6 is 0 Å². The first-order valence-electron chi connectivity index (χ1n) is 7.06. The molecule has 1 aromatic carbocycles. The average Bonchev–Trinajstić information content (AvgIpc) is 2.47. The van der Waals surface area contributed by atoms with Crippen molar-refractivity contribution < 1.29 is 14.6 Å². The van der Waals surface area contributed by atoms with Crippen LogP contribution in [0.4, 0.5) is 0 Å². The van der Waals surface area contributed by atoms with Crippen LogP contribution in [-0.4, -0.2) is 22.7 Å². The highest BCUT2D eigenvalue weighted by Crippen LogP contribution is 2.23. The number of carbonyl (C=O) groups is 1. The Labute approximate surface area is 124 Å². The summed E-state index contributed by atoms with van der Waals surface area (Å²) in [5, 5.41) is 9.03. The monoisotopic (exact) mass is 285 g/mol. The molecular weight excluding hydrogens is 266 g/mol. The molecular formula is C17H19NO3. The van der Waals surface area contributed by atoms with Gasteiger partial charge >= 0.3 is 5.97 Å². The molecule has 0 unspecified atom stereocenters. The van der Waals surface area contributed by atoms with Gasteiger partial charge in [0.2, 0.25) is 0 Å². The Balaban J connectivity index is 2.23. The first-order chi connectivity index (χ1) is 10.1. The maximum atomic E-state index is 11.0. The van der Waals surface area contributed by atoms with Gasteiger partial charge in [-0.15, -0.1) is 0 Å². The van der Waals surface area contributed by atoms with E-state index >= 15 is 0 Å². The van der Waals surface area contributed by atoms with Crippen molar-refractivity contribution >= 4 is 5.97 Å². The summed E-state index contributed by atoms with van der Waals surface area (Å²) < 4.78 is 5.68. The van der Waals surface area contributed by atoms with Gasteiger partial charge in [-0.3, -0.25) is 4.98 Å². The lowest BCUT2D eigenvalue weighted by molar-refractivity contribution is 0.0695. The fraction of sp³-hybridized carbons (Fsp3) is 0.294. The highest BCUT2D eigenvalue weighted by Gasteiger charge is 2.10. The van der Waals surface area contributed by atoms with E-state index in [0.717, 1.165) is 29.8 Å². The number of aromatic carboxylic acids is 1. The smallest absolute Gasteiger partial charge is 0.337 e. The second kappa shape index (κ2) is 6.88. The van der Waals surface area contributed by atoms with Crippen molar-refractivity contribution in [3.8, 4) is 17.0 Å². The molecule has 2 aromatic rings. The molecule has 0 aliphatic carbocycles. The van der Waals surface area contributed by atoms with Crippen LogP contribution in [0.15, 0.2) is 36.4 Å². The van der Waals surface area contributed by atoms with Crippen molar-refractivity contribution in [1.82, 2.24) is 4.98 Å². The van der Waals surface area contributed by atoms with Crippen LogP contribution in [0.3, 0.4) is 0 Å². The molecule has 0 amide bonds. The Morgan fingerprint density at radius 3 is 2.76 bits per heavy atom. The number of unbranched alkanes of at least 4 members (excludes halogenated alkanes) is 1. The zero-order valence-electron chi connectivity index (χ0n) is 12.3. The SMILES string of the molecule is CCCCOc1cccc(-c2ccc(C(=O)O)c(C)n2)c1. The number of hydrogen-bond donors (Lipinski definition) is 1. The number of aryl methyl sites for hydroxylation is 1. The summed E-state index contributed by atoms with van der Waals surface area (Å²) in [6.07, 6.45) is 2.12. The van der Waals surface area contributed by atoms with Gasteiger partial charge in [-0.25, -0.2) is 4.79 Å². The Bertz CT molecular complexity index is 638. The lowest BCUT2D eigenvalue weighted by Crippen LogP contribution is -2.02. The Morgan fingerprint density at radius 1 is 1.29 bits per heavy atom.